The van der Waals surface area contributed by atoms with Crippen molar-refractivity contribution in [2.24, 2.45) is 0 Å². The van der Waals surface area contributed by atoms with Crippen LogP contribution in [0.1, 0.15) is 27.7 Å². The molecule has 1 unspecified atom stereocenters. The minimum absolute atomic E-state index is 0.132. The first kappa shape index (κ1) is 18.6. The molecule has 5 nitrogen and oxygen atoms in total. The van der Waals surface area contributed by atoms with E-state index in [4.69, 9.17) is 27.9 Å². The molecule has 0 fully saturated rings. The van der Waals surface area contributed by atoms with E-state index in [1.165, 1.54) is 6.20 Å². The van der Waals surface area contributed by atoms with E-state index in [1.807, 2.05) is 37.3 Å². The van der Waals surface area contributed by atoms with E-state index >= 15 is 0 Å². The molecule has 2 aromatic carbocycles. The molecule has 28 heavy (non-hydrogen) atoms. The quantitative estimate of drug-likeness (QED) is 0.615. The van der Waals surface area contributed by atoms with Gasteiger partial charge in [-0.3, -0.25) is 9.69 Å². The van der Waals surface area contributed by atoms with Crippen molar-refractivity contribution >= 4 is 40.6 Å². The molecule has 0 saturated heterocycles. The lowest BCUT2D eigenvalue weighted by molar-refractivity contribution is 0.0992. The molecular formula is C21H17Cl2N3O2. The van der Waals surface area contributed by atoms with Crippen LogP contribution in [0.15, 0.2) is 54.7 Å². The number of halogens is 2. The minimum Gasteiger partial charge on any atom is -0.495 e. The topological polar surface area (TPSA) is 54.5 Å². The summed E-state index contributed by atoms with van der Waals surface area (Å²) >= 11 is 12.2. The van der Waals surface area contributed by atoms with Crippen molar-refractivity contribution in [3.8, 4) is 5.75 Å². The molecule has 1 aliphatic heterocycles. The number of carbonyl (C=O) groups is 1. The van der Waals surface area contributed by atoms with Crippen molar-refractivity contribution < 1.29 is 9.53 Å². The Morgan fingerprint density at radius 2 is 1.93 bits per heavy atom. The molecule has 0 bridgehead atoms. The Morgan fingerprint density at radius 3 is 2.64 bits per heavy atom. The zero-order chi connectivity index (χ0) is 19.8. The number of hydrogen-bond donors (Lipinski definition) is 1. The number of benzene rings is 2. The largest absolute Gasteiger partial charge is 0.495 e. The van der Waals surface area contributed by atoms with E-state index < -0.39 is 6.17 Å². The second-order valence-electron chi connectivity index (χ2n) is 6.45. The summed E-state index contributed by atoms with van der Waals surface area (Å²) in [6.45, 7) is 1.92. The molecule has 142 valence electrons. The molecule has 1 N–H and O–H groups in total. The minimum atomic E-state index is -0.452. The van der Waals surface area contributed by atoms with Crippen molar-refractivity contribution in [1.82, 2.24) is 4.98 Å². The average Bonchev–Trinajstić information content (AvgIpc) is 2.97. The Morgan fingerprint density at radius 1 is 1.14 bits per heavy atom. The number of carbonyl (C=O) groups excluding carboxylic acids is 1. The summed E-state index contributed by atoms with van der Waals surface area (Å²) < 4.78 is 5.48. The van der Waals surface area contributed by atoms with Gasteiger partial charge in [0.25, 0.3) is 5.91 Å². The number of ether oxygens (including phenoxy) is 1. The fourth-order valence-electron chi connectivity index (χ4n) is 3.30. The van der Waals surface area contributed by atoms with Crippen molar-refractivity contribution in [3.05, 3.63) is 81.5 Å². The molecule has 4 rings (SSSR count). The molecule has 2 heterocycles. The van der Waals surface area contributed by atoms with Crippen LogP contribution in [0, 0.1) is 6.92 Å². The van der Waals surface area contributed by atoms with Crippen LogP contribution in [0.5, 0.6) is 5.75 Å². The Kier molecular flexibility index (Phi) is 4.87. The normalized spacial score (nSPS) is 15.5. The predicted molar refractivity (Wildman–Crippen MR) is 112 cm³/mol. The summed E-state index contributed by atoms with van der Waals surface area (Å²) in [7, 11) is 1.58. The number of fused-ring (bicyclic) bond motifs is 1. The Bertz CT molecular complexity index is 1050. The number of anilines is 2. The number of nitrogens with zero attached hydrogens (tertiary/aromatic N) is 2. The highest BCUT2D eigenvalue weighted by Crippen LogP contribution is 2.40. The van der Waals surface area contributed by atoms with Crippen molar-refractivity contribution in [2.75, 3.05) is 17.3 Å². The fraction of sp³-hybridized carbons (Fsp3) is 0.143. The van der Waals surface area contributed by atoms with E-state index in [0.29, 0.717) is 27.2 Å². The number of pyridine rings is 1. The molecule has 3 aromatic rings. The van der Waals surface area contributed by atoms with Gasteiger partial charge in [0.2, 0.25) is 0 Å². The summed E-state index contributed by atoms with van der Waals surface area (Å²) in [5.41, 5.74) is 3.12. The van der Waals surface area contributed by atoms with Gasteiger partial charge in [-0.15, -0.1) is 0 Å². The van der Waals surface area contributed by atoms with Gasteiger partial charge in [-0.25, -0.2) is 4.98 Å². The maximum Gasteiger partial charge on any atom is 0.261 e. The number of aryl methyl sites for hydroxylation is 1. The second-order valence-corrected chi connectivity index (χ2v) is 7.29. The summed E-state index contributed by atoms with van der Waals surface area (Å²) in [6, 6.07) is 14.6. The van der Waals surface area contributed by atoms with Gasteiger partial charge in [0.1, 0.15) is 17.7 Å². The number of aromatic nitrogens is 1. The van der Waals surface area contributed by atoms with Gasteiger partial charge >= 0.3 is 0 Å². The first-order valence-electron chi connectivity index (χ1n) is 8.64. The first-order valence-corrected chi connectivity index (χ1v) is 9.40. The molecule has 1 amide bonds. The van der Waals surface area contributed by atoms with Crippen LogP contribution in [0.3, 0.4) is 0 Å². The molecule has 0 aliphatic carbocycles. The summed E-state index contributed by atoms with van der Waals surface area (Å²) in [5.74, 6) is 0.969. The van der Waals surface area contributed by atoms with E-state index in [1.54, 1.807) is 30.2 Å². The Hall–Kier alpha value is -2.76. The highest BCUT2D eigenvalue weighted by Gasteiger charge is 2.38. The summed E-state index contributed by atoms with van der Waals surface area (Å²) in [5, 5.41) is 4.55. The third-order valence-electron chi connectivity index (χ3n) is 4.69. The number of hydrogen-bond acceptors (Lipinski definition) is 4. The van der Waals surface area contributed by atoms with Gasteiger partial charge in [-0.2, -0.15) is 0 Å². The summed E-state index contributed by atoms with van der Waals surface area (Å²) in [6.07, 6.45) is 1.07. The van der Waals surface area contributed by atoms with Gasteiger partial charge in [0.15, 0.2) is 0 Å². The zero-order valence-corrected chi connectivity index (χ0v) is 16.8. The number of rotatable bonds is 4. The number of methoxy groups -OCH3 is 1. The molecule has 1 aliphatic rings. The average molecular weight is 414 g/mol. The second kappa shape index (κ2) is 7.34. The molecule has 1 atom stereocenters. The van der Waals surface area contributed by atoms with E-state index in [9.17, 15) is 4.79 Å². The monoisotopic (exact) mass is 413 g/mol. The van der Waals surface area contributed by atoms with Gasteiger partial charge in [-0.1, -0.05) is 41.4 Å². The van der Waals surface area contributed by atoms with Crippen molar-refractivity contribution in [2.45, 2.75) is 13.1 Å². The van der Waals surface area contributed by atoms with E-state index in [-0.39, 0.29) is 5.91 Å². The summed E-state index contributed by atoms with van der Waals surface area (Å²) in [4.78, 5) is 19.1. The van der Waals surface area contributed by atoms with Gasteiger partial charge < -0.3 is 10.1 Å². The molecular weight excluding hydrogens is 397 g/mol. The smallest absolute Gasteiger partial charge is 0.261 e. The Balaban J connectivity index is 1.81. The fourth-order valence-corrected chi connectivity index (χ4v) is 3.56. The standard InChI is InChI=1S/C21H17Cl2N3O2/c1-12-9-17(18(28-2)10-16(12)23)25-20-14-5-3-4-6-15(14)21(27)26(20)19-8-7-13(22)11-24-19/h3-11,20,25H,1-2H3. The van der Waals surface area contributed by atoms with Crippen LogP contribution < -0.4 is 15.0 Å². The number of amides is 1. The number of nitrogens with one attached hydrogen (secondary N) is 1. The van der Waals surface area contributed by atoms with Gasteiger partial charge in [0.05, 0.1) is 17.8 Å². The molecule has 0 radical (unpaired) electrons. The Labute approximate surface area is 172 Å². The van der Waals surface area contributed by atoms with Crippen LogP contribution in [-0.4, -0.2) is 18.0 Å². The highest BCUT2D eigenvalue weighted by molar-refractivity contribution is 6.31. The molecule has 0 spiro atoms. The first-order chi connectivity index (χ1) is 13.5. The van der Waals surface area contributed by atoms with Gasteiger partial charge in [-0.05, 0) is 36.8 Å². The SMILES string of the molecule is COc1cc(Cl)c(C)cc1NC1c2ccccc2C(=O)N1c1ccc(Cl)cn1. The van der Waals surface area contributed by atoms with Crippen LogP contribution in [0.25, 0.3) is 0 Å². The van der Waals surface area contributed by atoms with Crippen LogP contribution in [0.2, 0.25) is 10.0 Å². The van der Waals surface area contributed by atoms with Gasteiger partial charge in [0, 0.05) is 28.4 Å². The van der Waals surface area contributed by atoms with Crippen LogP contribution >= 0.6 is 23.2 Å². The van der Waals surface area contributed by atoms with Crippen LogP contribution in [-0.2, 0) is 0 Å². The lowest BCUT2D eigenvalue weighted by Crippen LogP contribution is -2.33. The van der Waals surface area contributed by atoms with Crippen molar-refractivity contribution in [3.63, 3.8) is 0 Å². The molecule has 7 heteroatoms. The predicted octanol–water partition coefficient (Wildman–Crippen LogP) is 5.48. The third kappa shape index (κ3) is 3.17. The maximum atomic E-state index is 13.1. The maximum absolute atomic E-state index is 13.1. The lowest BCUT2D eigenvalue weighted by atomic mass is 10.1. The highest BCUT2D eigenvalue weighted by atomic mass is 35.5. The van der Waals surface area contributed by atoms with Crippen molar-refractivity contribution in [1.29, 1.82) is 0 Å². The molecule has 0 saturated carbocycles. The van der Waals surface area contributed by atoms with E-state index in [0.717, 1.165) is 16.8 Å². The zero-order valence-electron chi connectivity index (χ0n) is 15.2. The third-order valence-corrected chi connectivity index (χ3v) is 5.33. The lowest BCUT2D eigenvalue weighted by Gasteiger charge is -2.27. The van der Waals surface area contributed by atoms with Crippen LogP contribution in [0.4, 0.5) is 11.5 Å². The van der Waals surface area contributed by atoms with E-state index in [2.05, 4.69) is 10.3 Å². The molecule has 1 aromatic heterocycles.